The highest BCUT2D eigenvalue weighted by Gasteiger charge is 2.05. The summed E-state index contributed by atoms with van der Waals surface area (Å²) in [7, 11) is 1.84. The van der Waals surface area contributed by atoms with E-state index in [1.165, 1.54) is 0 Å². The zero-order chi connectivity index (χ0) is 7.72. The van der Waals surface area contributed by atoms with Crippen molar-refractivity contribution in [3.05, 3.63) is 17.0 Å². The maximum absolute atomic E-state index is 8.85. The van der Waals surface area contributed by atoms with E-state index in [1.807, 2.05) is 20.9 Å². The largest absolute Gasteiger partial charge is 0.390 e. The van der Waals surface area contributed by atoms with Crippen molar-refractivity contribution in [2.24, 2.45) is 7.05 Å². The second-order valence-electron chi connectivity index (χ2n) is 2.44. The molecular formula is C7H12N2O. The first kappa shape index (κ1) is 7.28. The minimum atomic E-state index is 0.0726. The quantitative estimate of drug-likeness (QED) is 0.618. The van der Waals surface area contributed by atoms with Gasteiger partial charge in [0.2, 0.25) is 0 Å². The van der Waals surface area contributed by atoms with Crippen LogP contribution < -0.4 is 0 Å². The van der Waals surface area contributed by atoms with Gasteiger partial charge in [-0.15, -0.1) is 0 Å². The van der Waals surface area contributed by atoms with Crippen molar-refractivity contribution < 1.29 is 5.11 Å². The summed E-state index contributed by atoms with van der Waals surface area (Å²) < 4.78 is 1.71. The molecule has 0 amide bonds. The van der Waals surface area contributed by atoms with E-state index in [0.29, 0.717) is 0 Å². The van der Waals surface area contributed by atoms with Gasteiger partial charge in [-0.3, -0.25) is 4.68 Å². The number of aromatic nitrogens is 2. The molecule has 1 aromatic rings. The third kappa shape index (κ3) is 0.926. The van der Waals surface area contributed by atoms with Crippen molar-refractivity contribution in [3.63, 3.8) is 0 Å². The predicted octanol–water partition coefficient (Wildman–Crippen LogP) is 0.529. The van der Waals surface area contributed by atoms with Crippen LogP contribution in [0.5, 0.6) is 0 Å². The summed E-state index contributed by atoms with van der Waals surface area (Å²) in [6.07, 6.45) is 0. The maximum atomic E-state index is 8.85. The molecule has 0 atom stereocenters. The Bertz CT molecular complexity index is 240. The van der Waals surface area contributed by atoms with Crippen molar-refractivity contribution in [2.45, 2.75) is 20.5 Å². The molecule has 0 fully saturated rings. The van der Waals surface area contributed by atoms with Gasteiger partial charge >= 0.3 is 0 Å². The van der Waals surface area contributed by atoms with Crippen LogP contribution in [0.1, 0.15) is 17.0 Å². The molecule has 0 aliphatic rings. The highest BCUT2D eigenvalue weighted by atomic mass is 16.3. The van der Waals surface area contributed by atoms with E-state index in [-0.39, 0.29) is 6.61 Å². The molecule has 0 saturated carbocycles. The summed E-state index contributed by atoms with van der Waals surface area (Å²) >= 11 is 0. The fraction of sp³-hybridized carbons (Fsp3) is 0.571. The summed E-state index contributed by atoms with van der Waals surface area (Å²) in [5.41, 5.74) is 2.98. The molecule has 0 unspecified atom stereocenters. The van der Waals surface area contributed by atoms with Gasteiger partial charge in [-0.25, -0.2) is 0 Å². The average molecular weight is 140 g/mol. The number of hydrogen-bond donors (Lipinski definition) is 1. The van der Waals surface area contributed by atoms with Crippen LogP contribution in [0.4, 0.5) is 0 Å². The normalized spacial score (nSPS) is 10.4. The minimum absolute atomic E-state index is 0.0726. The molecule has 10 heavy (non-hydrogen) atoms. The fourth-order valence-electron chi connectivity index (χ4n) is 1.03. The minimum Gasteiger partial charge on any atom is -0.390 e. The maximum Gasteiger partial charge on any atom is 0.0852 e. The second kappa shape index (κ2) is 2.42. The Morgan fingerprint density at radius 2 is 2.10 bits per heavy atom. The van der Waals surface area contributed by atoms with Crippen LogP contribution in [0.2, 0.25) is 0 Å². The molecule has 1 heterocycles. The molecule has 3 heteroatoms. The van der Waals surface area contributed by atoms with E-state index in [2.05, 4.69) is 5.10 Å². The number of aliphatic hydroxyl groups excluding tert-OH is 1. The van der Waals surface area contributed by atoms with Crippen molar-refractivity contribution in [3.8, 4) is 0 Å². The third-order valence-corrected chi connectivity index (χ3v) is 1.82. The number of aliphatic hydroxyl groups is 1. The van der Waals surface area contributed by atoms with Gasteiger partial charge in [-0.05, 0) is 19.4 Å². The Labute approximate surface area is 60.3 Å². The Kier molecular flexibility index (Phi) is 1.76. The van der Waals surface area contributed by atoms with Crippen LogP contribution in [-0.4, -0.2) is 14.9 Å². The topological polar surface area (TPSA) is 38.0 Å². The highest BCUT2D eigenvalue weighted by molar-refractivity contribution is 5.22. The summed E-state index contributed by atoms with van der Waals surface area (Å²) in [6.45, 7) is 3.98. The molecule has 1 aromatic heterocycles. The Morgan fingerprint density at radius 1 is 1.50 bits per heavy atom. The van der Waals surface area contributed by atoms with Crippen molar-refractivity contribution in [1.82, 2.24) is 9.78 Å². The molecule has 0 aliphatic heterocycles. The van der Waals surface area contributed by atoms with Crippen molar-refractivity contribution in [2.75, 3.05) is 0 Å². The van der Waals surface area contributed by atoms with Gasteiger partial charge in [-0.2, -0.15) is 5.10 Å². The Hall–Kier alpha value is -0.830. The SMILES string of the molecule is Cc1nn(C)c(CO)c1C. The lowest BCUT2D eigenvalue weighted by Gasteiger charge is -1.95. The molecule has 1 rings (SSSR count). The molecule has 0 spiro atoms. The summed E-state index contributed by atoms with van der Waals surface area (Å²) in [5, 5.41) is 13.0. The summed E-state index contributed by atoms with van der Waals surface area (Å²) in [4.78, 5) is 0. The first-order valence-corrected chi connectivity index (χ1v) is 3.26. The van der Waals surface area contributed by atoms with Gasteiger partial charge in [0.25, 0.3) is 0 Å². The first-order chi connectivity index (χ1) is 4.66. The van der Waals surface area contributed by atoms with Gasteiger partial charge < -0.3 is 5.11 Å². The molecule has 0 radical (unpaired) electrons. The molecule has 1 N–H and O–H groups in total. The molecular weight excluding hydrogens is 128 g/mol. The summed E-state index contributed by atoms with van der Waals surface area (Å²) in [5.74, 6) is 0. The standard InChI is InChI=1S/C7H12N2O/c1-5-6(2)8-9(3)7(5)4-10/h10H,4H2,1-3H3. The van der Waals surface area contributed by atoms with Gasteiger partial charge in [-0.1, -0.05) is 0 Å². The fourth-order valence-corrected chi connectivity index (χ4v) is 1.03. The Morgan fingerprint density at radius 3 is 2.30 bits per heavy atom. The van der Waals surface area contributed by atoms with E-state index in [4.69, 9.17) is 5.11 Å². The molecule has 0 saturated heterocycles. The van der Waals surface area contributed by atoms with E-state index < -0.39 is 0 Å². The van der Waals surface area contributed by atoms with E-state index >= 15 is 0 Å². The van der Waals surface area contributed by atoms with Crippen LogP contribution in [-0.2, 0) is 13.7 Å². The number of nitrogens with zero attached hydrogens (tertiary/aromatic N) is 2. The highest BCUT2D eigenvalue weighted by Crippen LogP contribution is 2.09. The lowest BCUT2D eigenvalue weighted by Crippen LogP contribution is -1.98. The van der Waals surface area contributed by atoms with Gasteiger partial charge in [0.15, 0.2) is 0 Å². The van der Waals surface area contributed by atoms with Crippen molar-refractivity contribution >= 4 is 0 Å². The predicted molar refractivity (Wildman–Crippen MR) is 38.6 cm³/mol. The van der Waals surface area contributed by atoms with Crippen LogP contribution in [0, 0.1) is 13.8 Å². The Balaban J connectivity index is 3.20. The number of rotatable bonds is 1. The first-order valence-electron chi connectivity index (χ1n) is 3.26. The molecule has 0 aliphatic carbocycles. The average Bonchev–Trinajstić information content (AvgIpc) is 2.09. The lowest BCUT2D eigenvalue weighted by atomic mass is 10.2. The van der Waals surface area contributed by atoms with Gasteiger partial charge in [0, 0.05) is 7.05 Å². The van der Waals surface area contributed by atoms with Crippen LogP contribution in [0.3, 0.4) is 0 Å². The van der Waals surface area contributed by atoms with Crippen molar-refractivity contribution in [1.29, 1.82) is 0 Å². The van der Waals surface area contributed by atoms with E-state index in [9.17, 15) is 0 Å². The lowest BCUT2D eigenvalue weighted by molar-refractivity contribution is 0.270. The zero-order valence-corrected chi connectivity index (χ0v) is 6.55. The number of aryl methyl sites for hydroxylation is 2. The molecule has 0 aromatic carbocycles. The zero-order valence-electron chi connectivity index (χ0n) is 6.55. The van der Waals surface area contributed by atoms with E-state index in [0.717, 1.165) is 17.0 Å². The molecule has 3 nitrogen and oxygen atoms in total. The third-order valence-electron chi connectivity index (χ3n) is 1.82. The van der Waals surface area contributed by atoms with Gasteiger partial charge in [0.1, 0.15) is 0 Å². The molecule has 56 valence electrons. The van der Waals surface area contributed by atoms with E-state index in [1.54, 1.807) is 4.68 Å². The van der Waals surface area contributed by atoms with Crippen LogP contribution >= 0.6 is 0 Å². The monoisotopic (exact) mass is 140 g/mol. The van der Waals surface area contributed by atoms with Crippen LogP contribution in [0.25, 0.3) is 0 Å². The summed E-state index contributed by atoms with van der Waals surface area (Å²) in [6, 6.07) is 0. The van der Waals surface area contributed by atoms with Crippen LogP contribution in [0.15, 0.2) is 0 Å². The van der Waals surface area contributed by atoms with Gasteiger partial charge in [0.05, 0.1) is 18.0 Å². The number of hydrogen-bond acceptors (Lipinski definition) is 2. The smallest absolute Gasteiger partial charge is 0.0852 e. The molecule has 0 bridgehead atoms. The second-order valence-corrected chi connectivity index (χ2v) is 2.44.